The molecule has 102 valence electrons. The van der Waals surface area contributed by atoms with Crippen LogP contribution in [-0.4, -0.2) is 37.2 Å². The van der Waals surface area contributed by atoms with Gasteiger partial charge in [-0.15, -0.1) is 0 Å². The molecule has 0 aliphatic rings. The van der Waals surface area contributed by atoms with Gasteiger partial charge in [0.05, 0.1) is 12.1 Å². The molecule has 3 N–H and O–H groups in total. The smallest absolute Gasteiger partial charge is 0.145 e. The summed E-state index contributed by atoms with van der Waals surface area (Å²) in [5, 5.41) is 10.7. The van der Waals surface area contributed by atoms with Crippen LogP contribution < -0.4 is 16.0 Å². The lowest BCUT2D eigenvalue weighted by molar-refractivity contribution is 0.742. The Hall–Kier alpha value is -1.72. The lowest BCUT2D eigenvalue weighted by Crippen LogP contribution is -2.15. The van der Waals surface area contributed by atoms with E-state index in [0.29, 0.717) is 6.54 Å². The van der Waals surface area contributed by atoms with E-state index in [1.807, 2.05) is 32.3 Å². The fourth-order valence-corrected chi connectivity index (χ4v) is 1.97. The third kappa shape index (κ3) is 3.62. The summed E-state index contributed by atoms with van der Waals surface area (Å²) in [4.78, 5) is 9.13. The van der Waals surface area contributed by atoms with Gasteiger partial charge in [-0.2, -0.15) is 0 Å². The van der Waals surface area contributed by atoms with E-state index in [1.54, 1.807) is 0 Å². The molecule has 1 aromatic heterocycles. The number of nitrogens with one attached hydrogen (secondary N) is 3. The molecular weight excluding hydrogens is 238 g/mol. The fourth-order valence-electron chi connectivity index (χ4n) is 1.97. The topological polar surface area (TPSA) is 61.9 Å². The standard InChI is InChI=1S/C14H21N5/c1-15-8-5-9-17-14-11-6-3-4-7-12(11)18-13(19-14)10-16-2/h3-4,6-7,15-16H,5,8-10H2,1-2H3,(H,17,18,19). The molecule has 0 fully saturated rings. The molecular formula is C14H21N5. The van der Waals surface area contributed by atoms with Gasteiger partial charge in [0.15, 0.2) is 0 Å². The van der Waals surface area contributed by atoms with Crippen molar-refractivity contribution < 1.29 is 0 Å². The van der Waals surface area contributed by atoms with Crippen molar-refractivity contribution in [3.05, 3.63) is 30.1 Å². The van der Waals surface area contributed by atoms with Gasteiger partial charge in [0.25, 0.3) is 0 Å². The molecule has 0 radical (unpaired) electrons. The van der Waals surface area contributed by atoms with Gasteiger partial charge in [0, 0.05) is 11.9 Å². The number of hydrogen-bond acceptors (Lipinski definition) is 5. The molecule has 19 heavy (non-hydrogen) atoms. The summed E-state index contributed by atoms with van der Waals surface area (Å²) < 4.78 is 0. The van der Waals surface area contributed by atoms with Gasteiger partial charge in [-0.25, -0.2) is 9.97 Å². The predicted molar refractivity (Wildman–Crippen MR) is 79.3 cm³/mol. The third-order valence-electron chi connectivity index (χ3n) is 2.88. The number of para-hydroxylation sites is 1. The Morgan fingerprint density at radius 1 is 1.00 bits per heavy atom. The van der Waals surface area contributed by atoms with Gasteiger partial charge < -0.3 is 16.0 Å². The number of rotatable bonds is 7. The zero-order chi connectivity index (χ0) is 13.5. The summed E-state index contributed by atoms with van der Waals surface area (Å²) in [6, 6.07) is 8.10. The minimum absolute atomic E-state index is 0.677. The van der Waals surface area contributed by atoms with Crippen molar-refractivity contribution >= 4 is 16.7 Å². The SMILES string of the molecule is CNCCCNc1nc(CNC)nc2ccccc12. The molecule has 1 aromatic carbocycles. The van der Waals surface area contributed by atoms with Crippen LogP contribution >= 0.6 is 0 Å². The normalized spacial score (nSPS) is 10.8. The predicted octanol–water partition coefficient (Wildman–Crippen LogP) is 1.37. The molecule has 0 atom stereocenters. The maximum absolute atomic E-state index is 4.58. The fraction of sp³-hybridized carbons (Fsp3) is 0.429. The van der Waals surface area contributed by atoms with Crippen molar-refractivity contribution in [2.24, 2.45) is 0 Å². The second kappa shape index (κ2) is 7.01. The Bertz CT molecular complexity index is 526. The van der Waals surface area contributed by atoms with Gasteiger partial charge >= 0.3 is 0 Å². The molecule has 0 unspecified atom stereocenters. The summed E-state index contributed by atoms with van der Waals surface area (Å²) in [5.74, 6) is 1.74. The zero-order valence-corrected chi connectivity index (χ0v) is 11.5. The number of hydrogen-bond donors (Lipinski definition) is 3. The average molecular weight is 259 g/mol. The van der Waals surface area contributed by atoms with E-state index in [1.165, 1.54) is 0 Å². The first-order valence-electron chi connectivity index (χ1n) is 6.64. The number of fused-ring (bicyclic) bond motifs is 1. The molecule has 0 saturated heterocycles. The van der Waals surface area contributed by atoms with Crippen molar-refractivity contribution in [2.75, 3.05) is 32.5 Å². The van der Waals surface area contributed by atoms with E-state index < -0.39 is 0 Å². The minimum atomic E-state index is 0.677. The second-order valence-corrected chi connectivity index (χ2v) is 4.42. The minimum Gasteiger partial charge on any atom is -0.369 e. The Morgan fingerprint density at radius 3 is 2.63 bits per heavy atom. The number of anilines is 1. The van der Waals surface area contributed by atoms with E-state index in [-0.39, 0.29) is 0 Å². The Morgan fingerprint density at radius 2 is 1.84 bits per heavy atom. The summed E-state index contributed by atoms with van der Waals surface area (Å²) in [6.07, 6.45) is 1.07. The Balaban J connectivity index is 2.23. The van der Waals surface area contributed by atoms with Crippen LogP contribution in [0.5, 0.6) is 0 Å². The second-order valence-electron chi connectivity index (χ2n) is 4.42. The molecule has 5 heteroatoms. The highest BCUT2D eigenvalue weighted by Crippen LogP contribution is 2.19. The van der Waals surface area contributed by atoms with Crippen LogP contribution in [-0.2, 0) is 6.54 Å². The van der Waals surface area contributed by atoms with Crippen molar-refractivity contribution in [1.82, 2.24) is 20.6 Å². The van der Waals surface area contributed by atoms with Crippen molar-refractivity contribution in [1.29, 1.82) is 0 Å². The first-order chi connectivity index (χ1) is 9.35. The van der Waals surface area contributed by atoms with E-state index in [9.17, 15) is 0 Å². The summed E-state index contributed by atoms with van der Waals surface area (Å²) >= 11 is 0. The molecule has 0 saturated carbocycles. The first kappa shape index (κ1) is 13.7. The third-order valence-corrected chi connectivity index (χ3v) is 2.88. The number of benzene rings is 1. The van der Waals surface area contributed by atoms with Crippen LogP contribution in [0.25, 0.3) is 10.9 Å². The molecule has 2 rings (SSSR count). The molecule has 0 aliphatic carbocycles. The summed E-state index contributed by atoms with van der Waals surface area (Å²) in [7, 11) is 3.86. The van der Waals surface area contributed by atoms with Gasteiger partial charge in [-0.3, -0.25) is 0 Å². The Labute approximate surface area is 113 Å². The molecule has 1 heterocycles. The van der Waals surface area contributed by atoms with Crippen LogP contribution in [0.4, 0.5) is 5.82 Å². The van der Waals surface area contributed by atoms with Gasteiger partial charge in [-0.1, -0.05) is 12.1 Å². The van der Waals surface area contributed by atoms with E-state index in [2.05, 4.69) is 32.0 Å². The van der Waals surface area contributed by atoms with Crippen LogP contribution in [0.3, 0.4) is 0 Å². The van der Waals surface area contributed by atoms with Crippen LogP contribution in [0.1, 0.15) is 12.2 Å². The van der Waals surface area contributed by atoms with Gasteiger partial charge in [-0.05, 0) is 39.2 Å². The lowest BCUT2D eigenvalue weighted by Gasteiger charge is -2.10. The lowest BCUT2D eigenvalue weighted by atomic mass is 10.2. The van der Waals surface area contributed by atoms with Gasteiger partial charge in [0.2, 0.25) is 0 Å². The highest BCUT2D eigenvalue weighted by molar-refractivity contribution is 5.88. The number of nitrogens with zero attached hydrogens (tertiary/aromatic N) is 2. The van der Waals surface area contributed by atoms with Crippen LogP contribution in [0.2, 0.25) is 0 Å². The quantitative estimate of drug-likeness (QED) is 0.656. The maximum atomic E-state index is 4.58. The highest BCUT2D eigenvalue weighted by Gasteiger charge is 2.06. The largest absolute Gasteiger partial charge is 0.369 e. The summed E-state index contributed by atoms with van der Waals surface area (Å²) in [5.41, 5.74) is 0.985. The van der Waals surface area contributed by atoms with E-state index in [4.69, 9.17) is 0 Å². The molecule has 0 aliphatic heterocycles. The average Bonchev–Trinajstić information content (AvgIpc) is 2.44. The van der Waals surface area contributed by atoms with Crippen molar-refractivity contribution in [3.8, 4) is 0 Å². The Kier molecular flexibility index (Phi) is 5.06. The summed E-state index contributed by atoms with van der Waals surface area (Å²) in [6.45, 7) is 2.58. The molecule has 0 spiro atoms. The molecule has 0 amide bonds. The van der Waals surface area contributed by atoms with Crippen molar-refractivity contribution in [3.63, 3.8) is 0 Å². The van der Waals surface area contributed by atoms with E-state index in [0.717, 1.165) is 42.1 Å². The molecule has 0 bridgehead atoms. The highest BCUT2D eigenvalue weighted by atomic mass is 15.0. The molecule has 2 aromatic rings. The van der Waals surface area contributed by atoms with Crippen LogP contribution in [0.15, 0.2) is 24.3 Å². The van der Waals surface area contributed by atoms with E-state index >= 15 is 0 Å². The number of aromatic nitrogens is 2. The monoisotopic (exact) mass is 259 g/mol. The van der Waals surface area contributed by atoms with Crippen molar-refractivity contribution in [2.45, 2.75) is 13.0 Å². The first-order valence-corrected chi connectivity index (χ1v) is 6.64. The van der Waals surface area contributed by atoms with Gasteiger partial charge in [0.1, 0.15) is 11.6 Å². The zero-order valence-electron chi connectivity index (χ0n) is 11.5. The van der Waals surface area contributed by atoms with Crippen LogP contribution in [0, 0.1) is 0 Å². The molecule has 5 nitrogen and oxygen atoms in total. The maximum Gasteiger partial charge on any atom is 0.145 e.